The highest BCUT2D eigenvalue weighted by Crippen LogP contribution is 2.33. The molecule has 0 fully saturated rings. The first-order chi connectivity index (χ1) is 12.2. The molecule has 0 saturated carbocycles. The lowest BCUT2D eigenvalue weighted by Gasteiger charge is -2.28. The van der Waals surface area contributed by atoms with Crippen LogP contribution in [0.25, 0.3) is 0 Å². The molecule has 2 atom stereocenters. The second-order valence-electron chi connectivity index (χ2n) is 7.17. The number of nitrogens with zero attached hydrogens (tertiary/aromatic N) is 1. The molecule has 2 rings (SSSR count). The van der Waals surface area contributed by atoms with Gasteiger partial charge in [-0.1, -0.05) is 12.1 Å². The number of carbonyl (C=O) groups is 2. The van der Waals surface area contributed by atoms with Gasteiger partial charge < -0.3 is 26.0 Å². The fraction of sp³-hybridized carbons (Fsp3) is 0.556. The van der Waals surface area contributed by atoms with Gasteiger partial charge in [0, 0.05) is 36.3 Å². The molecule has 0 spiro atoms. The van der Waals surface area contributed by atoms with Crippen LogP contribution in [0.15, 0.2) is 29.2 Å². The molecule has 4 N–H and O–H groups in total. The third kappa shape index (κ3) is 5.62. The Bertz CT molecular complexity index is 651. The summed E-state index contributed by atoms with van der Waals surface area (Å²) in [5, 5.41) is 18.1. The average Bonchev–Trinajstić information content (AvgIpc) is 2.71. The van der Waals surface area contributed by atoms with Gasteiger partial charge in [0.05, 0.1) is 11.8 Å². The summed E-state index contributed by atoms with van der Waals surface area (Å²) in [6.07, 6.45) is -0.457. The van der Waals surface area contributed by atoms with E-state index in [1.165, 1.54) is 0 Å². The number of rotatable bonds is 6. The summed E-state index contributed by atoms with van der Waals surface area (Å²) < 4.78 is 0. The van der Waals surface area contributed by atoms with E-state index >= 15 is 0 Å². The maximum atomic E-state index is 12.7. The van der Waals surface area contributed by atoms with Crippen molar-refractivity contribution in [2.24, 2.45) is 0 Å². The summed E-state index contributed by atoms with van der Waals surface area (Å²) in [4.78, 5) is 27.5. The standard InChI is InChI=1S/C18H28N4O3S/c1-12(23)9-20-18(2,3)11-19-17(25)21-13-10-26-15-8-6-5-7-14(15)22(4)16(13)24/h5-8,12-13,20,23H,9-11H2,1-4H3,(H2,19,21,25)/t12-,13?/m0/s1. The van der Waals surface area contributed by atoms with E-state index in [0.29, 0.717) is 18.8 Å². The van der Waals surface area contributed by atoms with Crippen molar-refractivity contribution in [1.29, 1.82) is 0 Å². The molecular formula is C18H28N4O3S. The van der Waals surface area contributed by atoms with Gasteiger partial charge in [0.1, 0.15) is 6.04 Å². The Morgan fingerprint density at radius 3 is 2.81 bits per heavy atom. The molecule has 0 bridgehead atoms. The van der Waals surface area contributed by atoms with E-state index in [1.54, 1.807) is 30.6 Å². The van der Waals surface area contributed by atoms with Crippen LogP contribution >= 0.6 is 11.8 Å². The number of β-amino-alcohol motifs (C(OH)–C–C–N with tert-alkyl or cyclic N) is 1. The van der Waals surface area contributed by atoms with Crippen LogP contribution in [0.1, 0.15) is 20.8 Å². The average molecular weight is 381 g/mol. The van der Waals surface area contributed by atoms with Crippen molar-refractivity contribution in [2.45, 2.75) is 43.4 Å². The molecule has 1 unspecified atom stereocenters. The zero-order valence-electron chi connectivity index (χ0n) is 15.7. The maximum absolute atomic E-state index is 12.7. The Morgan fingerprint density at radius 2 is 2.12 bits per heavy atom. The van der Waals surface area contributed by atoms with Gasteiger partial charge >= 0.3 is 6.03 Å². The van der Waals surface area contributed by atoms with Crippen molar-refractivity contribution >= 4 is 29.4 Å². The van der Waals surface area contributed by atoms with Crippen LogP contribution in [0, 0.1) is 0 Å². The lowest BCUT2D eigenvalue weighted by atomic mass is 10.1. The molecule has 1 heterocycles. The first kappa shape index (κ1) is 20.5. The van der Waals surface area contributed by atoms with Crippen LogP contribution in [0.2, 0.25) is 0 Å². The molecule has 1 aromatic carbocycles. The highest BCUT2D eigenvalue weighted by molar-refractivity contribution is 7.99. The molecule has 144 valence electrons. The van der Waals surface area contributed by atoms with Crippen molar-refractivity contribution in [1.82, 2.24) is 16.0 Å². The number of urea groups is 1. The van der Waals surface area contributed by atoms with Crippen LogP contribution in [0.5, 0.6) is 0 Å². The van der Waals surface area contributed by atoms with Gasteiger partial charge in [0.25, 0.3) is 0 Å². The number of hydrogen-bond acceptors (Lipinski definition) is 5. The molecule has 1 aliphatic rings. The normalized spacial score (nSPS) is 18.7. The van der Waals surface area contributed by atoms with Crippen LogP contribution in [-0.4, -0.2) is 60.6 Å². The zero-order chi connectivity index (χ0) is 19.3. The number of fused-ring (bicyclic) bond motifs is 1. The zero-order valence-corrected chi connectivity index (χ0v) is 16.5. The number of amides is 3. The van der Waals surface area contributed by atoms with Gasteiger partial charge in [-0.25, -0.2) is 4.79 Å². The molecule has 26 heavy (non-hydrogen) atoms. The molecule has 0 saturated heterocycles. The van der Waals surface area contributed by atoms with Crippen LogP contribution in [0.4, 0.5) is 10.5 Å². The molecule has 0 aromatic heterocycles. The van der Waals surface area contributed by atoms with Crippen molar-refractivity contribution in [3.8, 4) is 0 Å². The van der Waals surface area contributed by atoms with Crippen molar-refractivity contribution < 1.29 is 14.7 Å². The first-order valence-corrected chi connectivity index (χ1v) is 9.65. The third-order valence-electron chi connectivity index (χ3n) is 4.13. The molecule has 0 aliphatic carbocycles. The summed E-state index contributed by atoms with van der Waals surface area (Å²) >= 11 is 1.56. The largest absolute Gasteiger partial charge is 0.392 e. The predicted octanol–water partition coefficient (Wildman–Crippen LogP) is 1.17. The Morgan fingerprint density at radius 1 is 1.42 bits per heavy atom. The number of nitrogens with one attached hydrogen (secondary N) is 3. The molecular weight excluding hydrogens is 352 g/mol. The van der Waals surface area contributed by atoms with Gasteiger partial charge in [0.15, 0.2) is 0 Å². The van der Waals surface area contributed by atoms with Crippen molar-refractivity contribution in [3.63, 3.8) is 0 Å². The van der Waals surface area contributed by atoms with E-state index in [9.17, 15) is 14.7 Å². The summed E-state index contributed by atoms with van der Waals surface area (Å²) in [6, 6.07) is 6.74. The van der Waals surface area contributed by atoms with E-state index in [2.05, 4.69) is 16.0 Å². The number of para-hydroxylation sites is 1. The summed E-state index contributed by atoms with van der Waals surface area (Å²) in [7, 11) is 1.72. The van der Waals surface area contributed by atoms with Gasteiger partial charge in [-0.05, 0) is 32.9 Å². The number of likely N-dealkylation sites (N-methyl/N-ethyl adjacent to an activating group) is 1. The third-order valence-corrected chi connectivity index (χ3v) is 5.29. The summed E-state index contributed by atoms with van der Waals surface area (Å²) in [6.45, 7) is 6.39. The smallest absolute Gasteiger partial charge is 0.315 e. The SMILES string of the molecule is C[C@H](O)CNC(C)(C)CNC(=O)NC1CSc2ccccc2N(C)C1=O. The maximum Gasteiger partial charge on any atom is 0.315 e. The number of carbonyl (C=O) groups excluding carboxylic acids is 2. The lowest BCUT2D eigenvalue weighted by molar-refractivity contribution is -0.119. The summed E-state index contributed by atoms with van der Waals surface area (Å²) in [5.74, 6) is 0.348. The van der Waals surface area contributed by atoms with Crippen LogP contribution in [0.3, 0.4) is 0 Å². The minimum atomic E-state index is -0.592. The molecule has 1 aromatic rings. The van der Waals surface area contributed by atoms with E-state index < -0.39 is 12.1 Å². The number of anilines is 1. The monoisotopic (exact) mass is 380 g/mol. The predicted molar refractivity (Wildman–Crippen MR) is 105 cm³/mol. The number of aliphatic hydroxyl groups excluding tert-OH is 1. The fourth-order valence-corrected chi connectivity index (χ4v) is 3.65. The number of benzene rings is 1. The molecule has 8 heteroatoms. The Kier molecular flexibility index (Phi) is 6.91. The minimum Gasteiger partial charge on any atom is -0.392 e. The van der Waals surface area contributed by atoms with Gasteiger partial charge in [-0.3, -0.25) is 4.79 Å². The van der Waals surface area contributed by atoms with Crippen LogP contribution in [-0.2, 0) is 4.79 Å². The van der Waals surface area contributed by atoms with Crippen molar-refractivity contribution in [2.75, 3.05) is 30.8 Å². The van der Waals surface area contributed by atoms with Gasteiger partial charge in [-0.2, -0.15) is 0 Å². The number of thioether (sulfide) groups is 1. The van der Waals surface area contributed by atoms with Gasteiger partial charge in [0.2, 0.25) is 5.91 Å². The summed E-state index contributed by atoms with van der Waals surface area (Å²) in [5.41, 5.74) is 0.486. The second kappa shape index (κ2) is 8.75. The Balaban J connectivity index is 1.90. The number of aliphatic hydroxyl groups is 1. The molecule has 1 aliphatic heterocycles. The highest BCUT2D eigenvalue weighted by atomic mass is 32.2. The van der Waals surface area contributed by atoms with E-state index in [4.69, 9.17) is 0 Å². The molecule has 3 amide bonds. The molecule has 7 nitrogen and oxygen atoms in total. The second-order valence-corrected chi connectivity index (χ2v) is 8.23. The Hall–Kier alpha value is -1.77. The topological polar surface area (TPSA) is 93.7 Å². The highest BCUT2D eigenvalue weighted by Gasteiger charge is 2.30. The van der Waals surface area contributed by atoms with E-state index in [1.807, 2.05) is 38.1 Å². The fourth-order valence-electron chi connectivity index (χ4n) is 2.55. The van der Waals surface area contributed by atoms with Crippen molar-refractivity contribution in [3.05, 3.63) is 24.3 Å². The first-order valence-electron chi connectivity index (χ1n) is 8.66. The minimum absolute atomic E-state index is 0.135. The molecule has 0 radical (unpaired) electrons. The lowest BCUT2D eigenvalue weighted by Crippen LogP contribution is -2.55. The number of hydrogen-bond donors (Lipinski definition) is 4. The van der Waals surface area contributed by atoms with E-state index in [0.717, 1.165) is 10.6 Å². The van der Waals surface area contributed by atoms with Crippen LogP contribution < -0.4 is 20.9 Å². The van der Waals surface area contributed by atoms with Gasteiger partial charge in [-0.15, -0.1) is 11.8 Å². The Labute approximate surface area is 158 Å². The quantitative estimate of drug-likeness (QED) is 0.595. The van der Waals surface area contributed by atoms with E-state index in [-0.39, 0.29) is 17.5 Å².